The predicted octanol–water partition coefficient (Wildman–Crippen LogP) is 4.49. The fourth-order valence-electron chi connectivity index (χ4n) is 2.38. The van der Waals surface area contributed by atoms with Gasteiger partial charge in [0.05, 0.1) is 0 Å². The normalized spacial score (nSPS) is 12.6. The van der Waals surface area contributed by atoms with Gasteiger partial charge in [-0.05, 0) is 0 Å². The third-order valence-corrected chi connectivity index (χ3v) is 8.02. The van der Waals surface area contributed by atoms with E-state index in [1.165, 1.54) is 18.2 Å². The Labute approximate surface area is 158 Å². The summed E-state index contributed by atoms with van der Waals surface area (Å²) in [4.78, 5) is 14.1. The second-order valence-corrected chi connectivity index (χ2v) is 13.5. The number of hydrogen-bond donors (Lipinski definition) is 1. The number of rotatable bonds is 5. The molecule has 1 N–H and O–H groups in total. The standard InChI is InChI=1S/C17H18ClIO5S/c1-17(2,13-9-5-6-10-14(13)19(3)18)24-16(20)12-8-4-7-11-15(12)25(21,22)23/h4-11H,1-3H3,(H,21,22,23). The molecule has 5 nitrogen and oxygen atoms in total. The number of carbonyl (C=O) groups excluding carboxylic acids is 1. The van der Waals surface area contributed by atoms with Crippen molar-refractivity contribution in [3.63, 3.8) is 0 Å². The molecule has 0 spiro atoms. The van der Waals surface area contributed by atoms with E-state index in [1.54, 1.807) is 13.8 Å². The van der Waals surface area contributed by atoms with Crippen LogP contribution < -0.4 is 0 Å². The molecule has 2 aromatic carbocycles. The van der Waals surface area contributed by atoms with Crippen LogP contribution in [0.1, 0.15) is 29.8 Å². The van der Waals surface area contributed by atoms with E-state index in [-0.39, 0.29) is 5.56 Å². The molecule has 0 heterocycles. The molecule has 0 saturated carbocycles. The van der Waals surface area contributed by atoms with Gasteiger partial charge in [0.2, 0.25) is 0 Å². The van der Waals surface area contributed by atoms with E-state index in [1.807, 2.05) is 29.2 Å². The topological polar surface area (TPSA) is 80.7 Å². The molecular formula is C17H18ClIO5S. The molecule has 136 valence electrons. The van der Waals surface area contributed by atoms with Crippen LogP contribution in [-0.4, -0.2) is 23.9 Å². The SMILES string of the molecule is CI(Cl)c1ccccc1C(C)(C)OC(=O)c1ccccc1S(=O)(=O)O. The van der Waals surface area contributed by atoms with E-state index >= 15 is 0 Å². The summed E-state index contributed by atoms with van der Waals surface area (Å²) in [5, 5.41) is 0. The number of alkyl halides is 1. The quantitative estimate of drug-likeness (QED) is 0.286. The monoisotopic (exact) mass is 496 g/mol. The molecule has 8 heteroatoms. The molecule has 0 aromatic heterocycles. The van der Waals surface area contributed by atoms with Crippen LogP contribution in [0.3, 0.4) is 0 Å². The molecule has 2 rings (SSSR count). The van der Waals surface area contributed by atoms with E-state index in [0.717, 1.165) is 15.2 Å². The van der Waals surface area contributed by atoms with Crippen molar-refractivity contribution < 1.29 is 22.5 Å². The van der Waals surface area contributed by atoms with Crippen LogP contribution in [0.25, 0.3) is 0 Å². The van der Waals surface area contributed by atoms with Gasteiger partial charge in [-0.1, -0.05) is 0 Å². The number of hydrogen-bond acceptors (Lipinski definition) is 4. The second-order valence-electron chi connectivity index (χ2n) is 5.75. The first-order valence-electron chi connectivity index (χ1n) is 7.20. The Balaban J connectivity index is 2.42. The maximum absolute atomic E-state index is 12.6. The molecule has 0 aliphatic carbocycles. The van der Waals surface area contributed by atoms with Crippen molar-refractivity contribution in [2.75, 3.05) is 4.93 Å². The maximum atomic E-state index is 12.6. The molecule has 2 aromatic rings. The van der Waals surface area contributed by atoms with Crippen molar-refractivity contribution in [3.05, 3.63) is 63.2 Å². The summed E-state index contributed by atoms with van der Waals surface area (Å²) in [6.45, 7) is 3.44. The van der Waals surface area contributed by atoms with Gasteiger partial charge in [-0.2, -0.15) is 0 Å². The number of benzene rings is 2. The first kappa shape index (κ1) is 20.2. The van der Waals surface area contributed by atoms with E-state index in [4.69, 9.17) is 13.6 Å². The van der Waals surface area contributed by atoms with Crippen LogP contribution in [0.15, 0.2) is 53.4 Å². The van der Waals surface area contributed by atoms with Gasteiger partial charge in [0.25, 0.3) is 0 Å². The van der Waals surface area contributed by atoms with E-state index in [9.17, 15) is 17.8 Å². The summed E-state index contributed by atoms with van der Waals surface area (Å²) in [5.41, 5.74) is -0.440. The van der Waals surface area contributed by atoms with Gasteiger partial charge in [0, 0.05) is 0 Å². The van der Waals surface area contributed by atoms with Crippen LogP contribution >= 0.6 is 27.6 Å². The van der Waals surface area contributed by atoms with Gasteiger partial charge >= 0.3 is 159 Å². The summed E-state index contributed by atoms with van der Waals surface area (Å²) < 4.78 is 38.8. The van der Waals surface area contributed by atoms with Crippen molar-refractivity contribution in [2.45, 2.75) is 24.3 Å². The molecule has 0 radical (unpaired) electrons. The Morgan fingerprint density at radius 3 is 2.28 bits per heavy atom. The molecule has 0 aliphatic heterocycles. The Morgan fingerprint density at radius 2 is 1.68 bits per heavy atom. The van der Waals surface area contributed by atoms with Gasteiger partial charge in [-0.3, -0.25) is 0 Å². The summed E-state index contributed by atoms with van der Waals surface area (Å²) in [7, 11) is 1.82. The fourth-order valence-corrected chi connectivity index (χ4v) is 6.23. The number of esters is 1. The molecule has 0 aliphatic rings. The van der Waals surface area contributed by atoms with Crippen LogP contribution in [0, 0.1) is 3.57 Å². The minimum atomic E-state index is -4.53. The molecule has 0 amide bonds. The zero-order chi connectivity index (χ0) is 18.8. The van der Waals surface area contributed by atoms with Crippen molar-refractivity contribution in [1.82, 2.24) is 0 Å². The van der Waals surface area contributed by atoms with Crippen LogP contribution in [0.5, 0.6) is 0 Å². The Bertz CT molecular complexity index is 893. The molecule has 0 saturated heterocycles. The summed E-state index contributed by atoms with van der Waals surface area (Å²) in [6, 6.07) is 12.8. The molecular weight excluding hydrogens is 479 g/mol. The zero-order valence-electron chi connectivity index (χ0n) is 13.9. The fraction of sp³-hybridized carbons (Fsp3) is 0.235. The third kappa shape index (κ3) is 4.72. The van der Waals surface area contributed by atoms with E-state index in [0.29, 0.717) is 0 Å². The Hall–Kier alpha value is -1.16. The van der Waals surface area contributed by atoms with Crippen molar-refractivity contribution in [2.24, 2.45) is 0 Å². The number of carbonyl (C=O) groups is 1. The zero-order valence-corrected chi connectivity index (χ0v) is 17.6. The van der Waals surface area contributed by atoms with Crippen LogP contribution in [0.2, 0.25) is 0 Å². The van der Waals surface area contributed by atoms with Crippen molar-refractivity contribution in [3.8, 4) is 0 Å². The summed E-state index contributed by atoms with van der Waals surface area (Å²) in [6.07, 6.45) is 0. The first-order chi connectivity index (χ1) is 11.5. The number of halogens is 2. The van der Waals surface area contributed by atoms with Gasteiger partial charge < -0.3 is 0 Å². The van der Waals surface area contributed by atoms with Gasteiger partial charge in [0.15, 0.2) is 0 Å². The minimum absolute atomic E-state index is 0.215. The average molecular weight is 497 g/mol. The molecule has 0 fully saturated rings. The van der Waals surface area contributed by atoms with E-state index < -0.39 is 45.3 Å². The molecule has 25 heavy (non-hydrogen) atoms. The first-order valence-corrected chi connectivity index (χ1v) is 14.6. The van der Waals surface area contributed by atoms with Gasteiger partial charge in [-0.15, -0.1) is 0 Å². The molecule has 0 unspecified atom stereocenters. The van der Waals surface area contributed by atoms with Crippen molar-refractivity contribution >= 4 is 43.7 Å². The van der Waals surface area contributed by atoms with Gasteiger partial charge in [0.1, 0.15) is 0 Å². The summed E-state index contributed by atoms with van der Waals surface area (Å²) in [5.74, 6) is -0.834. The van der Waals surface area contributed by atoms with Crippen molar-refractivity contribution in [1.29, 1.82) is 0 Å². The Kier molecular flexibility index (Phi) is 6.13. The average Bonchev–Trinajstić information content (AvgIpc) is 2.53. The number of ether oxygens (including phenoxy) is 1. The van der Waals surface area contributed by atoms with Gasteiger partial charge in [-0.25, -0.2) is 0 Å². The van der Waals surface area contributed by atoms with E-state index in [2.05, 4.69) is 0 Å². The molecule has 0 bridgehead atoms. The Morgan fingerprint density at radius 1 is 1.12 bits per heavy atom. The second kappa shape index (κ2) is 7.61. The third-order valence-electron chi connectivity index (χ3n) is 3.54. The summed E-state index contributed by atoms with van der Waals surface area (Å²) >= 11 is -1.86. The molecule has 0 atom stereocenters. The van der Waals surface area contributed by atoms with Crippen LogP contribution in [-0.2, 0) is 20.5 Å². The van der Waals surface area contributed by atoms with Crippen LogP contribution in [0.4, 0.5) is 0 Å². The predicted molar refractivity (Wildman–Crippen MR) is 106 cm³/mol.